The van der Waals surface area contributed by atoms with E-state index in [4.69, 9.17) is 0 Å². The molecule has 4 rings (SSSR count). The molecule has 32 heavy (non-hydrogen) atoms. The van der Waals surface area contributed by atoms with Gasteiger partial charge in [-0.25, -0.2) is 0 Å². The third kappa shape index (κ3) is 3.33. The van der Waals surface area contributed by atoms with Gasteiger partial charge in [0, 0.05) is 11.8 Å². The van der Waals surface area contributed by atoms with E-state index < -0.39 is 0 Å². The molecule has 7 atom stereocenters. The van der Waals surface area contributed by atoms with E-state index in [1.165, 1.54) is 44.1 Å². The Kier molecular flexibility index (Phi) is 6.14. The van der Waals surface area contributed by atoms with Crippen LogP contribution in [-0.4, -0.2) is 17.5 Å². The highest BCUT2D eigenvalue weighted by Crippen LogP contribution is 2.75. The maximum Gasteiger partial charge on any atom is 0.138 e. The molecule has 2 nitrogen and oxygen atoms in total. The van der Waals surface area contributed by atoms with E-state index in [9.17, 15) is 9.90 Å². The SMILES string of the molecule is C=C(CC/C=C(\C)CO)C1CCC2(C)C1CCC1[C@@]3(C)CCC(=O)C(C)(C)C3CC[C@]12C. The number of aliphatic hydroxyl groups is 1. The molecule has 0 bridgehead atoms. The highest BCUT2D eigenvalue weighted by molar-refractivity contribution is 5.85. The fourth-order valence-corrected chi connectivity index (χ4v) is 9.79. The van der Waals surface area contributed by atoms with Crippen molar-refractivity contribution in [2.45, 2.75) is 106 Å². The smallest absolute Gasteiger partial charge is 0.138 e. The highest BCUT2D eigenvalue weighted by atomic mass is 16.3. The van der Waals surface area contributed by atoms with Crippen molar-refractivity contribution in [2.75, 3.05) is 6.61 Å². The largest absolute Gasteiger partial charge is 0.392 e. The van der Waals surface area contributed by atoms with Crippen molar-refractivity contribution in [3.63, 3.8) is 0 Å². The van der Waals surface area contributed by atoms with E-state index in [0.717, 1.165) is 43.1 Å². The normalized spacial score (nSPS) is 45.7. The lowest BCUT2D eigenvalue weighted by Gasteiger charge is -2.69. The molecule has 5 unspecified atom stereocenters. The molecule has 2 heteroatoms. The fraction of sp³-hybridized carbons (Fsp3) is 0.833. The Hall–Kier alpha value is -0.890. The lowest BCUT2D eigenvalue weighted by atomic mass is 9.35. The van der Waals surface area contributed by atoms with Crippen molar-refractivity contribution in [3.05, 3.63) is 23.8 Å². The highest BCUT2D eigenvalue weighted by Gasteiger charge is 2.68. The van der Waals surface area contributed by atoms with Crippen molar-refractivity contribution < 1.29 is 9.90 Å². The summed E-state index contributed by atoms with van der Waals surface area (Å²) in [4.78, 5) is 12.8. The second-order valence-electron chi connectivity index (χ2n) is 13.4. The number of rotatable bonds is 5. The molecular formula is C30H48O2. The number of hydrogen-bond donors (Lipinski definition) is 1. The summed E-state index contributed by atoms with van der Waals surface area (Å²) in [6.45, 7) is 19.1. The summed E-state index contributed by atoms with van der Waals surface area (Å²) in [6, 6.07) is 0. The Morgan fingerprint density at radius 2 is 1.69 bits per heavy atom. The van der Waals surface area contributed by atoms with E-state index in [1.807, 2.05) is 6.92 Å². The van der Waals surface area contributed by atoms with Crippen LogP contribution in [-0.2, 0) is 4.79 Å². The maximum atomic E-state index is 12.8. The molecule has 0 radical (unpaired) electrons. The van der Waals surface area contributed by atoms with E-state index in [0.29, 0.717) is 33.9 Å². The zero-order chi connectivity index (χ0) is 23.5. The van der Waals surface area contributed by atoms with Gasteiger partial charge in [-0.05, 0) is 105 Å². The molecule has 0 aromatic carbocycles. The minimum atomic E-state index is -0.154. The fourth-order valence-electron chi connectivity index (χ4n) is 9.79. The first-order chi connectivity index (χ1) is 14.9. The van der Waals surface area contributed by atoms with E-state index >= 15 is 0 Å². The van der Waals surface area contributed by atoms with E-state index in [-0.39, 0.29) is 12.0 Å². The summed E-state index contributed by atoms with van der Waals surface area (Å²) in [5.41, 5.74) is 3.44. The molecule has 4 aliphatic rings. The lowest BCUT2D eigenvalue weighted by Crippen LogP contribution is -2.63. The van der Waals surface area contributed by atoms with Crippen LogP contribution < -0.4 is 0 Å². The molecule has 0 aliphatic heterocycles. The summed E-state index contributed by atoms with van der Waals surface area (Å²) in [5, 5.41) is 9.28. The van der Waals surface area contributed by atoms with Crippen LogP contribution in [0.5, 0.6) is 0 Å². The van der Waals surface area contributed by atoms with Crippen LogP contribution in [0.1, 0.15) is 106 Å². The second kappa shape index (κ2) is 8.10. The molecule has 0 aromatic heterocycles. The number of carbonyl (C=O) groups is 1. The standard InChI is InChI=1S/C30H48O2/c1-20(19-31)9-8-10-21(2)22-13-17-29(6)23(22)11-12-25-28(5)16-15-26(32)27(3,4)24(28)14-18-30(25,29)7/h9,22-25,31H,2,8,10-19H2,1,3-7H3/b20-9+/t22?,23?,24?,25?,28-,29?,30+/m0/s1. The summed E-state index contributed by atoms with van der Waals surface area (Å²) in [6.07, 6.45) is 14.0. The van der Waals surface area contributed by atoms with Crippen LogP contribution in [0.4, 0.5) is 0 Å². The maximum absolute atomic E-state index is 12.8. The van der Waals surface area contributed by atoms with Gasteiger partial charge in [0.25, 0.3) is 0 Å². The zero-order valence-electron chi connectivity index (χ0n) is 21.7. The quantitative estimate of drug-likeness (QED) is 0.449. The van der Waals surface area contributed by atoms with Gasteiger partial charge >= 0.3 is 0 Å². The molecule has 4 saturated carbocycles. The van der Waals surface area contributed by atoms with Gasteiger partial charge in [-0.2, -0.15) is 0 Å². The van der Waals surface area contributed by atoms with Crippen LogP contribution in [0.3, 0.4) is 0 Å². The van der Waals surface area contributed by atoms with Crippen molar-refractivity contribution in [3.8, 4) is 0 Å². The first kappa shape index (κ1) is 24.2. The number of fused-ring (bicyclic) bond motifs is 5. The average molecular weight is 441 g/mol. The van der Waals surface area contributed by atoms with Crippen LogP contribution in [0.15, 0.2) is 23.8 Å². The number of Topliss-reactive ketones (excluding diaryl/α,β-unsaturated/α-hetero) is 1. The number of allylic oxidation sites excluding steroid dienone is 2. The summed E-state index contributed by atoms with van der Waals surface area (Å²) >= 11 is 0. The first-order valence-electron chi connectivity index (χ1n) is 13.4. The lowest BCUT2D eigenvalue weighted by molar-refractivity contribution is -0.201. The van der Waals surface area contributed by atoms with Crippen molar-refractivity contribution in [1.29, 1.82) is 0 Å². The van der Waals surface area contributed by atoms with Crippen LogP contribution in [0.2, 0.25) is 0 Å². The van der Waals surface area contributed by atoms with Crippen LogP contribution >= 0.6 is 0 Å². The Labute approximate surface area is 197 Å². The van der Waals surface area contributed by atoms with Gasteiger partial charge in [-0.15, -0.1) is 0 Å². The molecule has 0 heterocycles. The van der Waals surface area contributed by atoms with E-state index in [1.54, 1.807) is 0 Å². The molecule has 4 aliphatic carbocycles. The summed E-state index contributed by atoms with van der Waals surface area (Å²) in [5.74, 6) is 3.21. The van der Waals surface area contributed by atoms with Gasteiger partial charge in [0.1, 0.15) is 5.78 Å². The van der Waals surface area contributed by atoms with Crippen molar-refractivity contribution in [2.24, 2.45) is 45.3 Å². The topological polar surface area (TPSA) is 37.3 Å². The number of aliphatic hydroxyl groups excluding tert-OH is 1. The van der Waals surface area contributed by atoms with Gasteiger partial charge < -0.3 is 5.11 Å². The summed E-state index contributed by atoms with van der Waals surface area (Å²) in [7, 11) is 0. The summed E-state index contributed by atoms with van der Waals surface area (Å²) < 4.78 is 0. The van der Waals surface area contributed by atoms with E-state index in [2.05, 4.69) is 47.3 Å². The van der Waals surface area contributed by atoms with Crippen LogP contribution in [0.25, 0.3) is 0 Å². The van der Waals surface area contributed by atoms with Gasteiger partial charge in [0.2, 0.25) is 0 Å². The van der Waals surface area contributed by atoms with Gasteiger partial charge in [-0.3, -0.25) is 4.79 Å². The number of hydrogen-bond acceptors (Lipinski definition) is 2. The van der Waals surface area contributed by atoms with Crippen LogP contribution in [0, 0.1) is 45.3 Å². The second-order valence-corrected chi connectivity index (χ2v) is 13.4. The molecule has 0 spiro atoms. The predicted molar refractivity (Wildman–Crippen MR) is 133 cm³/mol. The Bertz CT molecular complexity index is 806. The Morgan fingerprint density at radius 1 is 1.00 bits per heavy atom. The predicted octanol–water partition coefficient (Wildman–Crippen LogP) is 7.52. The molecule has 0 saturated heterocycles. The molecule has 4 fully saturated rings. The first-order valence-corrected chi connectivity index (χ1v) is 13.4. The average Bonchev–Trinajstić information content (AvgIpc) is 3.09. The molecule has 0 aromatic rings. The molecule has 1 N–H and O–H groups in total. The van der Waals surface area contributed by atoms with Crippen molar-refractivity contribution in [1.82, 2.24) is 0 Å². The minimum Gasteiger partial charge on any atom is -0.392 e. The van der Waals surface area contributed by atoms with Gasteiger partial charge in [0.05, 0.1) is 6.61 Å². The number of carbonyl (C=O) groups excluding carboxylic acids is 1. The minimum absolute atomic E-state index is 0.154. The molecule has 0 amide bonds. The molecular weight excluding hydrogens is 392 g/mol. The number of ketones is 1. The molecule has 180 valence electrons. The third-order valence-corrected chi connectivity index (χ3v) is 11.9. The van der Waals surface area contributed by atoms with Gasteiger partial charge in [0.15, 0.2) is 0 Å². The van der Waals surface area contributed by atoms with Gasteiger partial charge in [-0.1, -0.05) is 58.4 Å². The third-order valence-electron chi connectivity index (χ3n) is 11.9. The Morgan fingerprint density at radius 3 is 2.38 bits per heavy atom. The zero-order valence-corrected chi connectivity index (χ0v) is 21.7. The monoisotopic (exact) mass is 440 g/mol. The van der Waals surface area contributed by atoms with Crippen molar-refractivity contribution >= 4 is 5.78 Å². The Balaban J connectivity index is 1.57.